The molecule has 2 aromatic carbocycles. The minimum Gasteiger partial charge on any atom is -0.493 e. The number of thiazole rings is 1. The summed E-state index contributed by atoms with van der Waals surface area (Å²) in [6.45, 7) is 0.335. The number of nitrogens with one attached hydrogen (secondary N) is 1. The minimum absolute atomic E-state index is 0.335. The first-order chi connectivity index (χ1) is 15.1. The second-order valence-corrected chi connectivity index (χ2v) is 8.32. The number of allylic oxidation sites excluding steroid dienone is 2. The van der Waals surface area contributed by atoms with Crippen LogP contribution in [0.25, 0.3) is 16.6 Å². The van der Waals surface area contributed by atoms with E-state index in [1.165, 1.54) is 0 Å². The van der Waals surface area contributed by atoms with E-state index in [4.69, 9.17) is 9.47 Å². The molecule has 0 bridgehead atoms. The smallest absolute Gasteiger partial charge is 0.290 e. The summed E-state index contributed by atoms with van der Waals surface area (Å²) in [4.78, 5) is 27.7. The third-order valence-electron chi connectivity index (χ3n) is 4.31. The molecular formula is C23H18N2O4S2. The summed E-state index contributed by atoms with van der Waals surface area (Å²) in [7, 11) is 1.58. The maximum absolute atomic E-state index is 11.5. The van der Waals surface area contributed by atoms with Crippen LogP contribution in [-0.2, 0) is 11.4 Å². The van der Waals surface area contributed by atoms with Crippen LogP contribution in [0.1, 0.15) is 11.3 Å². The van der Waals surface area contributed by atoms with Crippen molar-refractivity contribution in [3.63, 3.8) is 0 Å². The lowest BCUT2D eigenvalue weighted by Crippen LogP contribution is -2.17. The van der Waals surface area contributed by atoms with E-state index in [1.807, 2.05) is 60.0 Å². The van der Waals surface area contributed by atoms with E-state index in [2.05, 4.69) is 10.3 Å². The van der Waals surface area contributed by atoms with Gasteiger partial charge in [0, 0.05) is 10.9 Å². The van der Waals surface area contributed by atoms with Gasteiger partial charge in [-0.1, -0.05) is 48.6 Å². The summed E-state index contributed by atoms with van der Waals surface area (Å²) in [6.07, 6.45) is 5.15. The van der Waals surface area contributed by atoms with Crippen molar-refractivity contribution in [1.29, 1.82) is 0 Å². The zero-order chi connectivity index (χ0) is 21.6. The van der Waals surface area contributed by atoms with E-state index in [-0.39, 0.29) is 11.1 Å². The zero-order valence-corrected chi connectivity index (χ0v) is 18.2. The van der Waals surface area contributed by atoms with E-state index in [0.29, 0.717) is 23.0 Å². The number of ether oxygens (including phenoxy) is 2. The Bertz CT molecular complexity index is 1170. The molecule has 4 rings (SSSR count). The molecule has 0 aliphatic carbocycles. The first-order valence-electron chi connectivity index (χ1n) is 9.34. The number of nitrogens with zero attached hydrogens (tertiary/aromatic N) is 1. The fourth-order valence-electron chi connectivity index (χ4n) is 2.83. The van der Waals surface area contributed by atoms with Gasteiger partial charge in [-0.3, -0.25) is 14.9 Å². The number of hydrogen-bond donors (Lipinski definition) is 1. The van der Waals surface area contributed by atoms with Crippen LogP contribution in [0.15, 0.2) is 71.0 Å². The molecule has 0 radical (unpaired) electrons. The summed E-state index contributed by atoms with van der Waals surface area (Å²) < 4.78 is 11.4. The molecule has 3 aromatic rings. The van der Waals surface area contributed by atoms with Gasteiger partial charge in [-0.15, -0.1) is 11.3 Å². The summed E-state index contributed by atoms with van der Waals surface area (Å²) in [6, 6.07) is 15.6. The molecule has 2 heterocycles. The van der Waals surface area contributed by atoms with Crippen molar-refractivity contribution in [2.45, 2.75) is 6.61 Å². The Morgan fingerprint density at radius 3 is 2.68 bits per heavy atom. The van der Waals surface area contributed by atoms with Gasteiger partial charge in [0.1, 0.15) is 11.6 Å². The Hall–Kier alpha value is -3.36. The van der Waals surface area contributed by atoms with Crippen LogP contribution in [0.3, 0.4) is 0 Å². The normalized spacial score (nSPS) is 14.9. The molecule has 1 N–H and O–H groups in total. The van der Waals surface area contributed by atoms with Crippen molar-refractivity contribution in [3.05, 3.63) is 82.2 Å². The monoisotopic (exact) mass is 450 g/mol. The third-order valence-corrected chi connectivity index (χ3v) is 6.08. The van der Waals surface area contributed by atoms with E-state index >= 15 is 0 Å². The molecule has 1 saturated heterocycles. The van der Waals surface area contributed by atoms with Crippen molar-refractivity contribution in [2.24, 2.45) is 0 Å². The molecule has 0 saturated carbocycles. The molecule has 1 aliphatic heterocycles. The number of rotatable bonds is 7. The highest BCUT2D eigenvalue weighted by molar-refractivity contribution is 8.18. The lowest BCUT2D eigenvalue weighted by molar-refractivity contribution is -0.115. The average Bonchev–Trinajstić information content (AvgIpc) is 3.39. The predicted molar refractivity (Wildman–Crippen MR) is 123 cm³/mol. The number of benzene rings is 2. The number of hydrogen-bond acceptors (Lipinski definition) is 7. The van der Waals surface area contributed by atoms with Gasteiger partial charge in [-0.05, 0) is 35.5 Å². The molecule has 1 fully saturated rings. The molecule has 156 valence electrons. The van der Waals surface area contributed by atoms with E-state index in [9.17, 15) is 9.59 Å². The van der Waals surface area contributed by atoms with Gasteiger partial charge in [0.25, 0.3) is 11.1 Å². The maximum atomic E-state index is 11.5. The molecule has 31 heavy (non-hydrogen) atoms. The Kier molecular flexibility index (Phi) is 6.49. The number of imide groups is 1. The van der Waals surface area contributed by atoms with Crippen LogP contribution >= 0.6 is 23.1 Å². The number of methoxy groups -OCH3 is 1. The standard InChI is InChI=1S/C23H18N2O4S2/c1-28-19-12-15(6-5-9-20-21(26)25-23(27)31-20)10-11-18(19)29-13-17-14-30-22(24-17)16-7-3-2-4-8-16/h2-12,14H,13H2,1H3,(H,25,26,27). The van der Waals surface area contributed by atoms with Crippen LogP contribution in [-0.4, -0.2) is 23.2 Å². The molecule has 0 atom stereocenters. The fraction of sp³-hybridized carbons (Fsp3) is 0.0870. The zero-order valence-electron chi connectivity index (χ0n) is 16.5. The largest absolute Gasteiger partial charge is 0.493 e. The second-order valence-electron chi connectivity index (χ2n) is 6.44. The van der Waals surface area contributed by atoms with Crippen molar-refractivity contribution in [1.82, 2.24) is 10.3 Å². The van der Waals surface area contributed by atoms with Gasteiger partial charge in [0.05, 0.1) is 17.7 Å². The highest BCUT2D eigenvalue weighted by atomic mass is 32.2. The Balaban J connectivity index is 1.41. The van der Waals surface area contributed by atoms with Crippen LogP contribution < -0.4 is 14.8 Å². The number of amides is 2. The van der Waals surface area contributed by atoms with E-state index < -0.39 is 0 Å². The van der Waals surface area contributed by atoms with Gasteiger partial charge in [-0.2, -0.15) is 0 Å². The first kappa shape index (κ1) is 20.9. The third kappa shape index (κ3) is 5.22. The van der Waals surface area contributed by atoms with Crippen molar-refractivity contribution in [3.8, 4) is 22.1 Å². The fourth-order valence-corrected chi connectivity index (χ4v) is 4.27. The van der Waals surface area contributed by atoms with Crippen molar-refractivity contribution in [2.75, 3.05) is 7.11 Å². The highest BCUT2D eigenvalue weighted by Crippen LogP contribution is 2.30. The summed E-state index contributed by atoms with van der Waals surface area (Å²) >= 11 is 2.47. The van der Waals surface area contributed by atoms with Gasteiger partial charge in [0.2, 0.25) is 0 Å². The number of carbonyl (C=O) groups excluding carboxylic acids is 2. The molecule has 1 aromatic heterocycles. The van der Waals surface area contributed by atoms with Crippen molar-refractivity contribution < 1.29 is 19.1 Å². The lowest BCUT2D eigenvalue weighted by Gasteiger charge is -2.10. The maximum Gasteiger partial charge on any atom is 0.290 e. The molecule has 8 heteroatoms. The molecular weight excluding hydrogens is 432 g/mol. The SMILES string of the molecule is COc1cc(C=CC=C2SC(=O)NC2=O)ccc1OCc1csc(-c2ccccc2)n1. The van der Waals surface area contributed by atoms with Crippen LogP contribution in [0.4, 0.5) is 4.79 Å². The quantitative estimate of drug-likeness (QED) is 0.494. The van der Waals surface area contributed by atoms with Crippen LogP contribution in [0.2, 0.25) is 0 Å². The molecule has 0 spiro atoms. The minimum atomic E-state index is -0.376. The molecule has 2 amide bonds. The molecule has 6 nitrogen and oxygen atoms in total. The van der Waals surface area contributed by atoms with Crippen LogP contribution in [0.5, 0.6) is 11.5 Å². The van der Waals surface area contributed by atoms with Gasteiger partial charge < -0.3 is 9.47 Å². The Morgan fingerprint density at radius 2 is 1.94 bits per heavy atom. The lowest BCUT2D eigenvalue weighted by atomic mass is 10.2. The predicted octanol–water partition coefficient (Wildman–Crippen LogP) is 5.28. The van der Waals surface area contributed by atoms with Gasteiger partial charge >= 0.3 is 0 Å². The molecule has 1 aliphatic rings. The topological polar surface area (TPSA) is 77.5 Å². The number of aromatic nitrogens is 1. The summed E-state index contributed by atoms with van der Waals surface area (Å²) in [5, 5.41) is 4.81. The summed E-state index contributed by atoms with van der Waals surface area (Å²) in [5.41, 5.74) is 2.81. The molecule has 0 unspecified atom stereocenters. The van der Waals surface area contributed by atoms with E-state index in [1.54, 1.807) is 30.6 Å². The second kappa shape index (κ2) is 9.63. The number of carbonyl (C=O) groups is 2. The van der Waals surface area contributed by atoms with Gasteiger partial charge in [0.15, 0.2) is 11.5 Å². The van der Waals surface area contributed by atoms with Crippen LogP contribution in [0, 0.1) is 0 Å². The highest BCUT2D eigenvalue weighted by Gasteiger charge is 2.24. The average molecular weight is 451 g/mol. The Labute approximate surface area is 187 Å². The van der Waals surface area contributed by atoms with Crippen molar-refractivity contribution >= 4 is 40.3 Å². The first-order valence-corrected chi connectivity index (χ1v) is 11.0. The van der Waals surface area contributed by atoms with E-state index in [0.717, 1.165) is 33.6 Å². The Morgan fingerprint density at radius 1 is 1.10 bits per heavy atom. The summed E-state index contributed by atoms with van der Waals surface area (Å²) in [5.74, 6) is 0.832. The number of thioether (sulfide) groups is 1. The van der Waals surface area contributed by atoms with Gasteiger partial charge in [-0.25, -0.2) is 4.98 Å².